The summed E-state index contributed by atoms with van der Waals surface area (Å²) in [7, 11) is 0. The number of amides is 2. The minimum Gasteiger partial charge on any atom is -0.378 e. The molecule has 9 heteroatoms. The average molecular weight is 578 g/mol. The molecule has 5 rings (SSSR count). The molecule has 0 bridgehead atoms. The maximum absolute atomic E-state index is 12.8. The predicted molar refractivity (Wildman–Crippen MR) is 170 cm³/mol. The number of piperazine rings is 1. The Labute approximate surface area is 252 Å². The zero-order valence-corrected chi connectivity index (χ0v) is 26.2. The van der Waals surface area contributed by atoms with Crippen molar-refractivity contribution in [2.75, 3.05) is 68.8 Å². The van der Waals surface area contributed by atoms with E-state index < -0.39 is 0 Å². The Morgan fingerprint density at radius 3 is 2.17 bits per heavy atom. The summed E-state index contributed by atoms with van der Waals surface area (Å²) in [5, 5.41) is 3.32. The highest BCUT2D eigenvalue weighted by Gasteiger charge is 2.27. The summed E-state index contributed by atoms with van der Waals surface area (Å²) in [5.74, 6) is 2.85. The predicted octanol–water partition coefficient (Wildman–Crippen LogP) is 4.88. The number of carbonyl (C=O) groups is 1. The summed E-state index contributed by atoms with van der Waals surface area (Å²) < 4.78 is 5.59. The van der Waals surface area contributed by atoms with Crippen LogP contribution in [0.3, 0.4) is 0 Å². The third-order valence-electron chi connectivity index (χ3n) is 9.20. The van der Waals surface area contributed by atoms with E-state index in [9.17, 15) is 4.79 Å². The molecule has 3 aliphatic rings. The van der Waals surface area contributed by atoms with Gasteiger partial charge in [-0.3, -0.25) is 9.88 Å². The summed E-state index contributed by atoms with van der Waals surface area (Å²) in [4.78, 5) is 31.7. The Bertz CT molecular complexity index is 1110. The van der Waals surface area contributed by atoms with Gasteiger partial charge in [-0.1, -0.05) is 6.07 Å². The van der Waals surface area contributed by atoms with Gasteiger partial charge >= 0.3 is 6.03 Å². The molecule has 1 aliphatic carbocycles. The zero-order chi connectivity index (χ0) is 29.5. The van der Waals surface area contributed by atoms with E-state index >= 15 is 0 Å². The highest BCUT2D eigenvalue weighted by molar-refractivity contribution is 5.75. The minimum absolute atomic E-state index is 0.0962. The first kappa shape index (κ1) is 30.5. The maximum Gasteiger partial charge on any atom is 0.318 e. The monoisotopic (exact) mass is 577 g/mol. The van der Waals surface area contributed by atoms with Crippen LogP contribution in [0, 0.1) is 5.92 Å². The molecule has 42 heavy (non-hydrogen) atoms. The number of rotatable bonds is 9. The van der Waals surface area contributed by atoms with Crippen LogP contribution in [0.15, 0.2) is 36.7 Å². The summed E-state index contributed by atoms with van der Waals surface area (Å²) in [6.45, 7) is 16.9. The van der Waals surface area contributed by atoms with E-state index in [1.165, 1.54) is 24.8 Å². The SMILES string of the molecule is CC(C)N(C(=O)N[C@H]1CC[C@H](CCN2CCN(c3cc(-c4cccnc4)cc(N4CCOCC4)n3)CC2)CC1)C(C)C. The third kappa shape index (κ3) is 7.92. The normalized spacial score (nSPS) is 22.0. The molecular weight excluding hydrogens is 526 g/mol. The van der Waals surface area contributed by atoms with Gasteiger partial charge in [0, 0.05) is 75.4 Å². The number of anilines is 2. The van der Waals surface area contributed by atoms with Gasteiger partial charge in [0.1, 0.15) is 11.6 Å². The fourth-order valence-corrected chi connectivity index (χ4v) is 6.79. The molecule has 2 saturated heterocycles. The van der Waals surface area contributed by atoms with Crippen LogP contribution < -0.4 is 15.1 Å². The molecule has 2 amide bonds. The number of aromatic nitrogens is 2. The van der Waals surface area contributed by atoms with Gasteiger partial charge in [-0.05, 0) is 96.0 Å². The van der Waals surface area contributed by atoms with Crippen LogP contribution in [0.2, 0.25) is 0 Å². The summed E-state index contributed by atoms with van der Waals surface area (Å²) >= 11 is 0. The van der Waals surface area contributed by atoms with Crippen LogP contribution in [0.4, 0.5) is 16.4 Å². The minimum atomic E-state index is 0.0962. The lowest BCUT2D eigenvalue weighted by atomic mass is 9.84. The molecule has 2 aromatic heterocycles. The van der Waals surface area contributed by atoms with Crippen molar-refractivity contribution >= 4 is 17.7 Å². The van der Waals surface area contributed by atoms with E-state index in [1.54, 1.807) is 0 Å². The van der Waals surface area contributed by atoms with Gasteiger partial charge in [0.2, 0.25) is 0 Å². The number of nitrogens with one attached hydrogen (secondary N) is 1. The highest BCUT2D eigenvalue weighted by Crippen LogP contribution is 2.30. The Kier molecular flexibility index (Phi) is 10.6. The molecule has 2 aliphatic heterocycles. The number of hydrogen-bond donors (Lipinski definition) is 1. The number of nitrogens with zero attached hydrogens (tertiary/aromatic N) is 6. The van der Waals surface area contributed by atoms with Crippen molar-refractivity contribution in [3.8, 4) is 11.1 Å². The molecule has 9 nitrogen and oxygen atoms in total. The molecule has 3 fully saturated rings. The number of hydrogen-bond acceptors (Lipinski definition) is 7. The van der Waals surface area contributed by atoms with Crippen LogP contribution in [0.5, 0.6) is 0 Å². The first-order valence-corrected chi connectivity index (χ1v) is 16.2. The van der Waals surface area contributed by atoms with E-state index in [0.29, 0.717) is 6.04 Å². The summed E-state index contributed by atoms with van der Waals surface area (Å²) in [6, 6.07) is 9.40. The molecule has 0 radical (unpaired) electrons. The van der Waals surface area contributed by atoms with E-state index in [2.05, 4.69) is 70.9 Å². The van der Waals surface area contributed by atoms with Crippen molar-refractivity contribution in [1.29, 1.82) is 0 Å². The summed E-state index contributed by atoms with van der Waals surface area (Å²) in [6.07, 6.45) is 9.63. The number of urea groups is 1. The van der Waals surface area contributed by atoms with Gasteiger partial charge in [0.25, 0.3) is 0 Å². The lowest BCUT2D eigenvalue weighted by Gasteiger charge is -2.38. The van der Waals surface area contributed by atoms with Crippen LogP contribution in [-0.4, -0.2) is 103 Å². The highest BCUT2D eigenvalue weighted by atomic mass is 16.5. The lowest BCUT2D eigenvalue weighted by Crippen LogP contribution is -2.51. The second kappa shape index (κ2) is 14.5. The van der Waals surface area contributed by atoms with E-state index in [4.69, 9.17) is 9.72 Å². The third-order valence-corrected chi connectivity index (χ3v) is 9.20. The van der Waals surface area contributed by atoms with Gasteiger partial charge in [0.15, 0.2) is 0 Å². The lowest BCUT2D eigenvalue weighted by molar-refractivity contribution is 0.122. The second-order valence-corrected chi connectivity index (χ2v) is 12.8. The standard InChI is InChI=1S/C33H51N7O2/c1-25(2)40(26(3)4)33(41)35-30-9-7-27(8-10-30)11-13-37-14-16-38(17-15-37)31-22-29(28-6-5-12-34-24-28)23-32(36-31)39-18-20-42-21-19-39/h5-6,12,22-27,30H,7-11,13-21H2,1-4H3,(H,35,41)/t27-,30-. The van der Waals surface area contributed by atoms with Crippen molar-refractivity contribution in [2.24, 2.45) is 5.92 Å². The van der Waals surface area contributed by atoms with Crippen molar-refractivity contribution in [2.45, 2.75) is 77.9 Å². The topological polar surface area (TPSA) is 77.1 Å². The largest absolute Gasteiger partial charge is 0.378 e. The molecule has 0 unspecified atom stereocenters. The van der Waals surface area contributed by atoms with Gasteiger partial charge < -0.3 is 24.8 Å². The molecule has 1 saturated carbocycles. The first-order valence-electron chi connectivity index (χ1n) is 16.2. The van der Waals surface area contributed by atoms with Crippen molar-refractivity contribution in [3.05, 3.63) is 36.7 Å². The number of morpholine rings is 1. The van der Waals surface area contributed by atoms with Crippen LogP contribution in [0.1, 0.15) is 59.8 Å². The maximum atomic E-state index is 12.8. The quantitative estimate of drug-likeness (QED) is 0.455. The molecular formula is C33H51N7O2. The number of carbonyl (C=O) groups excluding carboxylic acids is 1. The van der Waals surface area contributed by atoms with Gasteiger partial charge in [-0.25, -0.2) is 9.78 Å². The Balaban J connectivity index is 1.10. The van der Waals surface area contributed by atoms with Crippen LogP contribution in [-0.2, 0) is 4.74 Å². The van der Waals surface area contributed by atoms with Gasteiger partial charge in [0.05, 0.1) is 13.2 Å². The Morgan fingerprint density at radius 1 is 0.929 bits per heavy atom. The second-order valence-electron chi connectivity index (χ2n) is 12.8. The Hall–Kier alpha value is -2.91. The van der Waals surface area contributed by atoms with E-state index in [1.807, 2.05) is 23.4 Å². The van der Waals surface area contributed by atoms with Gasteiger partial charge in [-0.15, -0.1) is 0 Å². The zero-order valence-electron chi connectivity index (χ0n) is 26.2. The van der Waals surface area contributed by atoms with Crippen molar-refractivity contribution in [3.63, 3.8) is 0 Å². The fraction of sp³-hybridized carbons (Fsp3) is 0.667. The molecule has 0 atom stereocenters. The van der Waals surface area contributed by atoms with E-state index in [-0.39, 0.29) is 18.1 Å². The van der Waals surface area contributed by atoms with E-state index in [0.717, 1.165) is 95.0 Å². The number of ether oxygens (including phenoxy) is 1. The van der Waals surface area contributed by atoms with Crippen LogP contribution >= 0.6 is 0 Å². The molecule has 1 N–H and O–H groups in total. The van der Waals surface area contributed by atoms with Crippen molar-refractivity contribution < 1.29 is 9.53 Å². The Morgan fingerprint density at radius 2 is 1.57 bits per heavy atom. The molecule has 230 valence electrons. The number of pyridine rings is 2. The molecule has 4 heterocycles. The first-order chi connectivity index (χ1) is 20.4. The summed E-state index contributed by atoms with van der Waals surface area (Å²) in [5.41, 5.74) is 2.30. The fourth-order valence-electron chi connectivity index (χ4n) is 6.79. The van der Waals surface area contributed by atoms with Gasteiger partial charge in [-0.2, -0.15) is 0 Å². The molecule has 2 aromatic rings. The molecule has 0 spiro atoms. The smallest absolute Gasteiger partial charge is 0.318 e. The van der Waals surface area contributed by atoms with Crippen molar-refractivity contribution in [1.82, 2.24) is 25.1 Å². The molecule has 0 aromatic carbocycles. The average Bonchev–Trinajstić information content (AvgIpc) is 3.01. The van der Waals surface area contributed by atoms with Crippen LogP contribution in [0.25, 0.3) is 11.1 Å².